The van der Waals surface area contributed by atoms with Crippen LogP contribution in [0.25, 0.3) is 11.3 Å². The number of halogens is 5. The Kier molecular flexibility index (Phi) is 6.65. The fraction of sp³-hybridized carbons (Fsp3) is 0.235. The average molecular weight is 553 g/mol. The van der Waals surface area contributed by atoms with Crippen molar-refractivity contribution < 1.29 is 22.3 Å². The summed E-state index contributed by atoms with van der Waals surface area (Å²) < 4.78 is 54.9. The fourth-order valence-electron chi connectivity index (χ4n) is 2.26. The van der Waals surface area contributed by atoms with Gasteiger partial charge in [-0.05, 0) is 17.7 Å². The van der Waals surface area contributed by atoms with Gasteiger partial charge in [0.25, 0.3) is 11.2 Å². The van der Waals surface area contributed by atoms with Gasteiger partial charge in [-0.1, -0.05) is 15.3 Å². The number of rotatable bonds is 7. The van der Waals surface area contributed by atoms with Gasteiger partial charge in [0.2, 0.25) is 0 Å². The van der Waals surface area contributed by atoms with Crippen LogP contribution in [0.5, 0.6) is 6.01 Å². The van der Waals surface area contributed by atoms with Gasteiger partial charge in [-0.3, -0.25) is 9.78 Å². The molecule has 0 radical (unpaired) electrons. The molecule has 0 saturated carbocycles. The first-order chi connectivity index (χ1) is 14.0. The topological polar surface area (TPSA) is 82.8 Å². The van der Waals surface area contributed by atoms with Gasteiger partial charge in [-0.2, -0.15) is 22.7 Å². The SMILES string of the molecule is O=c1ccc(-c2cnc(OCC(F)(F)P)nc2)nn1Cc1ccc(C(F)(F)I)nc1. The van der Waals surface area contributed by atoms with Crippen molar-refractivity contribution in [1.29, 1.82) is 0 Å². The molecule has 0 saturated heterocycles. The highest BCUT2D eigenvalue weighted by Gasteiger charge is 2.28. The molecule has 3 heterocycles. The van der Waals surface area contributed by atoms with E-state index >= 15 is 0 Å². The highest BCUT2D eigenvalue weighted by molar-refractivity contribution is 14.1. The maximum Gasteiger partial charge on any atom is 0.337 e. The van der Waals surface area contributed by atoms with Gasteiger partial charge in [0.1, 0.15) is 5.69 Å². The number of pyridine rings is 1. The average Bonchev–Trinajstić information content (AvgIpc) is 2.68. The maximum absolute atomic E-state index is 13.3. The first-order valence-corrected chi connectivity index (χ1v) is 9.89. The first kappa shape index (κ1) is 22.5. The third kappa shape index (κ3) is 6.14. The van der Waals surface area contributed by atoms with Gasteiger partial charge in [0, 0.05) is 52.8 Å². The Labute approximate surface area is 183 Å². The highest BCUT2D eigenvalue weighted by atomic mass is 127. The Morgan fingerprint density at radius 3 is 2.30 bits per heavy atom. The van der Waals surface area contributed by atoms with Crippen molar-refractivity contribution in [3.05, 3.63) is 64.5 Å². The molecular formula is C17H13F4IN5O2P. The quantitative estimate of drug-likeness (QED) is 0.193. The molecule has 7 nitrogen and oxygen atoms in total. The van der Waals surface area contributed by atoms with E-state index in [2.05, 4.69) is 20.1 Å². The molecule has 0 fully saturated rings. The second kappa shape index (κ2) is 8.88. The molecule has 0 aromatic carbocycles. The van der Waals surface area contributed by atoms with Crippen LogP contribution in [0.15, 0.2) is 47.7 Å². The third-order valence-electron chi connectivity index (χ3n) is 3.63. The number of nitrogens with zero attached hydrogens (tertiary/aromatic N) is 5. The van der Waals surface area contributed by atoms with Crippen molar-refractivity contribution >= 4 is 31.8 Å². The fourth-order valence-corrected chi connectivity index (χ4v) is 2.66. The molecule has 0 aliphatic carbocycles. The molecule has 0 aliphatic heterocycles. The normalized spacial score (nSPS) is 12.1. The molecule has 0 spiro atoms. The molecule has 13 heteroatoms. The van der Waals surface area contributed by atoms with Crippen molar-refractivity contribution in [2.45, 2.75) is 16.1 Å². The predicted molar refractivity (Wildman–Crippen MR) is 111 cm³/mol. The minimum absolute atomic E-state index is 0.0120. The van der Waals surface area contributed by atoms with Crippen LogP contribution in [-0.2, 0) is 10.5 Å². The number of aromatic nitrogens is 5. The Bertz CT molecular complexity index is 1070. The van der Waals surface area contributed by atoms with Crippen molar-refractivity contribution in [3.8, 4) is 17.3 Å². The lowest BCUT2D eigenvalue weighted by molar-refractivity contribution is 0.0422. The van der Waals surface area contributed by atoms with Gasteiger partial charge in [-0.25, -0.2) is 14.6 Å². The molecule has 1 atom stereocenters. The predicted octanol–water partition coefficient (Wildman–Crippen LogP) is 3.47. The summed E-state index contributed by atoms with van der Waals surface area (Å²) in [5, 5.41) is 4.21. The van der Waals surface area contributed by atoms with Crippen molar-refractivity contribution in [1.82, 2.24) is 24.7 Å². The van der Waals surface area contributed by atoms with E-state index in [1.54, 1.807) is 0 Å². The lowest BCUT2D eigenvalue weighted by Crippen LogP contribution is -2.23. The number of hydrogen-bond donors (Lipinski definition) is 0. The number of ether oxygens (including phenoxy) is 1. The number of hydrogen-bond acceptors (Lipinski definition) is 6. The summed E-state index contributed by atoms with van der Waals surface area (Å²) in [4.78, 5) is 23.5. The van der Waals surface area contributed by atoms with Gasteiger partial charge < -0.3 is 4.74 Å². The van der Waals surface area contributed by atoms with Crippen LogP contribution >= 0.6 is 31.8 Å². The van der Waals surface area contributed by atoms with E-state index in [1.165, 1.54) is 52.1 Å². The molecule has 0 N–H and O–H groups in total. The smallest absolute Gasteiger partial charge is 0.337 e. The van der Waals surface area contributed by atoms with Gasteiger partial charge in [0.05, 0.1) is 12.2 Å². The zero-order valence-electron chi connectivity index (χ0n) is 15.0. The van der Waals surface area contributed by atoms with E-state index in [-0.39, 0.29) is 18.2 Å². The van der Waals surface area contributed by atoms with E-state index in [1.807, 2.05) is 0 Å². The number of alkyl halides is 5. The summed E-state index contributed by atoms with van der Waals surface area (Å²) in [5.41, 5.74) is -2.62. The summed E-state index contributed by atoms with van der Waals surface area (Å²) in [6.45, 7) is -0.880. The van der Waals surface area contributed by atoms with Crippen LogP contribution in [0.1, 0.15) is 11.3 Å². The van der Waals surface area contributed by atoms with Crippen LogP contribution in [0.2, 0.25) is 0 Å². The van der Waals surface area contributed by atoms with Crippen LogP contribution in [0.3, 0.4) is 0 Å². The van der Waals surface area contributed by atoms with E-state index < -0.39 is 21.8 Å². The molecular weight excluding hydrogens is 540 g/mol. The Balaban J connectivity index is 1.77. The minimum Gasteiger partial charge on any atom is -0.457 e. The van der Waals surface area contributed by atoms with Crippen LogP contribution in [-0.4, -0.2) is 37.0 Å². The lowest BCUT2D eigenvalue weighted by Gasteiger charge is -2.11. The maximum atomic E-state index is 13.3. The van der Waals surface area contributed by atoms with E-state index in [0.29, 0.717) is 16.8 Å². The van der Waals surface area contributed by atoms with Gasteiger partial charge in [-0.15, -0.1) is 0 Å². The zero-order chi connectivity index (χ0) is 21.9. The second-order valence-corrected chi connectivity index (χ2v) is 8.27. The summed E-state index contributed by atoms with van der Waals surface area (Å²) in [6.07, 6.45) is 3.89. The molecule has 0 bridgehead atoms. The monoisotopic (exact) mass is 553 g/mol. The Morgan fingerprint density at radius 1 is 1.03 bits per heavy atom. The molecule has 30 heavy (non-hydrogen) atoms. The van der Waals surface area contributed by atoms with E-state index in [9.17, 15) is 22.4 Å². The van der Waals surface area contributed by atoms with E-state index in [0.717, 1.165) is 27.3 Å². The highest BCUT2D eigenvalue weighted by Crippen LogP contribution is 2.33. The minimum atomic E-state index is -3.10. The van der Waals surface area contributed by atoms with Gasteiger partial charge in [0.15, 0.2) is 6.61 Å². The summed E-state index contributed by atoms with van der Waals surface area (Å²) in [5.74, 6) is 0. The summed E-state index contributed by atoms with van der Waals surface area (Å²) in [6, 6.07) is 5.12. The molecule has 1 unspecified atom stereocenters. The zero-order valence-corrected chi connectivity index (χ0v) is 18.3. The molecule has 0 aliphatic rings. The molecule has 3 aromatic rings. The molecule has 0 amide bonds. The first-order valence-electron chi connectivity index (χ1n) is 8.23. The van der Waals surface area contributed by atoms with Crippen LogP contribution in [0, 0.1) is 0 Å². The van der Waals surface area contributed by atoms with Gasteiger partial charge >= 0.3 is 9.94 Å². The van der Waals surface area contributed by atoms with Crippen molar-refractivity contribution in [2.75, 3.05) is 6.61 Å². The van der Waals surface area contributed by atoms with Crippen LogP contribution < -0.4 is 10.3 Å². The largest absolute Gasteiger partial charge is 0.457 e. The van der Waals surface area contributed by atoms with Crippen molar-refractivity contribution in [2.24, 2.45) is 0 Å². The van der Waals surface area contributed by atoms with E-state index in [4.69, 9.17) is 4.74 Å². The molecule has 3 rings (SSSR count). The summed E-state index contributed by atoms with van der Waals surface area (Å²) >= 11 is 0.983. The van der Waals surface area contributed by atoms with Crippen LogP contribution in [0.4, 0.5) is 17.6 Å². The molecule has 158 valence electrons. The summed E-state index contributed by atoms with van der Waals surface area (Å²) in [7, 11) is 1.35. The second-order valence-electron chi connectivity index (χ2n) is 6.07. The molecule has 3 aromatic heterocycles. The Morgan fingerprint density at radius 2 is 1.73 bits per heavy atom. The lowest BCUT2D eigenvalue weighted by atomic mass is 10.2. The standard InChI is InChI=1S/C17H13F4IN5O2P/c18-16(19,30)9-29-15-24-6-11(7-25-15)12-2-4-14(28)27(26-12)8-10-1-3-13(23-5-10)17(20,21)22/h1-7H,8-9,30H2. The third-order valence-corrected chi connectivity index (χ3v) is 4.35. The Hall–Kier alpha value is -2.21. The van der Waals surface area contributed by atoms with Crippen molar-refractivity contribution in [3.63, 3.8) is 0 Å².